The van der Waals surface area contributed by atoms with Gasteiger partial charge in [-0.15, -0.1) is 12.3 Å². The fourth-order valence-corrected chi connectivity index (χ4v) is 1.81. The third kappa shape index (κ3) is 5.05. The van der Waals surface area contributed by atoms with Gasteiger partial charge < -0.3 is 5.32 Å². The molecule has 18 heavy (non-hydrogen) atoms. The Balaban J connectivity index is 2.36. The van der Waals surface area contributed by atoms with Crippen molar-refractivity contribution in [1.29, 1.82) is 0 Å². The molecule has 0 spiro atoms. The summed E-state index contributed by atoms with van der Waals surface area (Å²) in [7, 11) is 0. The maximum absolute atomic E-state index is 11.8. The highest BCUT2D eigenvalue weighted by Gasteiger charge is 2.05. The third-order valence-corrected chi connectivity index (χ3v) is 2.93. The summed E-state index contributed by atoms with van der Waals surface area (Å²) in [5.74, 6) is 2.68. The molecule has 1 aromatic carbocycles. The highest BCUT2D eigenvalue weighted by molar-refractivity contribution is 5.78. The van der Waals surface area contributed by atoms with Crippen LogP contribution in [0.4, 0.5) is 0 Å². The summed E-state index contributed by atoms with van der Waals surface area (Å²) in [6.07, 6.45) is 8.33. The summed E-state index contributed by atoms with van der Waals surface area (Å²) in [6, 6.07) is 6.20. The summed E-state index contributed by atoms with van der Waals surface area (Å²) in [5.41, 5.74) is 3.47. The van der Waals surface area contributed by atoms with Crippen LogP contribution in [-0.2, 0) is 11.2 Å². The van der Waals surface area contributed by atoms with Gasteiger partial charge >= 0.3 is 0 Å². The second kappa shape index (κ2) is 7.55. The molecule has 0 aliphatic rings. The highest BCUT2D eigenvalue weighted by Crippen LogP contribution is 2.11. The van der Waals surface area contributed by atoms with Gasteiger partial charge in [0.2, 0.25) is 5.91 Å². The van der Waals surface area contributed by atoms with Crippen LogP contribution in [-0.4, -0.2) is 12.5 Å². The monoisotopic (exact) mass is 243 g/mol. The highest BCUT2D eigenvalue weighted by atomic mass is 16.1. The Morgan fingerprint density at radius 1 is 1.33 bits per heavy atom. The Kier molecular flexibility index (Phi) is 6.00. The second-order valence-corrected chi connectivity index (χ2v) is 4.62. The summed E-state index contributed by atoms with van der Waals surface area (Å²) in [6.45, 7) is 4.79. The van der Waals surface area contributed by atoms with Gasteiger partial charge in [-0.05, 0) is 37.8 Å². The normalized spacial score (nSPS) is 9.83. The van der Waals surface area contributed by atoms with Crippen molar-refractivity contribution in [3.05, 3.63) is 34.9 Å². The number of rotatable bonds is 6. The first-order valence-corrected chi connectivity index (χ1v) is 6.40. The summed E-state index contributed by atoms with van der Waals surface area (Å²) >= 11 is 0. The lowest BCUT2D eigenvalue weighted by Crippen LogP contribution is -2.26. The van der Waals surface area contributed by atoms with Gasteiger partial charge in [-0.1, -0.05) is 23.8 Å². The third-order valence-electron chi connectivity index (χ3n) is 2.93. The van der Waals surface area contributed by atoms with E-state index in [0.29, 0.717) is 13.0 Å². The van der Waals surface area contributed by atoms with E-state index in [4.69, 9.17) is 6.42 Å². The lowest BCUT2D eigenvalue weighted by atomic mass is 10.0. The Morgan fingerprint density at radius 3 is 2.83 bits per heavy atom. The van der Waals surface area contributed by atoms with Gasteiger partial charge in [0.05, 0.1) is 6.42 Å². The van der Waals surface area contributed by atoms with E-state index in [9.17, 15) is 4.79 Å². The van der Waals surface area contributed by atoms with Crippen molar-refractivity contribution in [3.63, 3.8) is 0 Å². The van der Waals surface area contributed by atoms with Gasteiger partial charge in [0.15, 0.2) is 0 Å². The van der Waals surface area contributed by atoms with Gasteiger partial charge in [0, 0.05) is 13.0 Å². The molecule has 2 heteroatoms. The minimum Gasteiger partial charge on any atom is -0.356 e. The van der Waals surface area contributed by atoms with E-state index in [2.05, 4.69) is 29.4 Å². The molecule has 0 aliphatic carbocycles. The van der Waals surface area contributed by atoms with Crippen LogP contribution in [0.15, 0.2) is 18.2 Å². The van der Waals surface area contributed by atoms with Gasteiger partial charge in [-0.25, -0.2) is 0 Å². The smallest absolute Gasteiger partial charge is 0.224 e. The lowest BCUT2D eigenvalue weighted by molar-refractivity contribution is -0.120. The van der Waals surface area contributed by atoms with Crippen LogP contribution in [0.25, 0.3) is 0 Å². The van der Waals surface area contributed by atoms with Crippen molar-refractivity contribution < 1.29 is 4.79 Å². The molecule has 1 N–H and O–H groups in total. The molecule has 0 aromatic heterocycles. The topological polar surface area (TPSA) is 29.1 Å². The zero-order valence-electron chi connectivity index (χ0n) is 11.3. The molecule has 0 aliphatic heterocycles. The van der Waals surface area contributed by atoms with Crippen molar-refractivity contribution in [1.82, 2.24) is 5.32 Å². The standard InChI is InChI=1S/C16H21NO/c1-4-5-6-7-10-17-16(18)12-15-11-13(2)8-9-14(15)3/h1,8-9,11H,5-7,10,12H2,2-3H3,(H,17,18). The molecule has 1 amide bonds. The fourth-order valence-electron chi connectivity index (χ4n) is 1.81. The maximum Gasteiger partial charge on any atom is 0.224 e. The molecule has 1 rings (SSSR count). The lowest BCUT2D eigenvalue weighted by Gasteiger charge is -2.08. The molecule has 0 radical (unpaired) electrons. The predicted molar refractivity (Wildman–Crippen MR) is 75.3 cm³/mol. The number of aryl methyl sites for hydroxylation is 2. The SMILES string of the molecule is C#CCCCCNC(=O)Cc1cc(C)ccc1C. The molecule has 0 saturated heterocycles. The molecule has 2 nitrogen and oxygen atoms in total. The number of terminal acetylenes is 1. The van der Waals surface area contributed by atoms with Crippen LogP contribution < -0.4 is 5.32 Å². The molecule has 0 fully saturated rings. The Labute approximate surface area is 110 Å². The van der Waals surface area contributed by atoms with E-state index < -0.39 is 0 Å². The minimum absolute atomic E-state index is 0.0874. The molecule has 0 atom stereocenters. The van der Waals surface area contributed by atoms with Crippen molar-refractivity contribution in [3.8, 4) is 12.3 Å². The van der Waals surface area contributed by atoms with E-state index in [1.54, 1.807) is 0 Å². The molecule has 0 bridgehead atoms. The molecular weight excluding hydrogens is 222 g/mol. The van der Waals surface area contributed by atoms with Crippen molar-refractivity contribution in [2.24, 2.45) is 0 Å². The summed E-state index contributed by atoms with van der Waals surface area (Å²) in [5, 5.41) is 2.93. The number of hydrogen-bond acceptors (Lipinski definition) is 1. The van der Waals surface area contributed by atoms with Gasteiger partial charge in [-0.3, -0.25) is 4.79 Å². The van der Waals surface area contributed by atoms with Crippen molar-refractivity contribution in [2.45, 2.75) is 39.5 Å². The van der Waals surface area contributed by atoms with E-state index in [1.807, 2.05) is 13.8 Å². The molecule has 96 valence electrons. The number of amides is 1. The first-order valence-electron chi connectivity index (χ1n) is 6.40. The van der Waals surface area contributed by atoms with E-state index in [-0.39, 0.29) is 5.91 Å². The number of unbranched alkanes of at least 4 members (excludes halogenated alkanes) is 2. The van der Waals surface area contributed by atoms with E-state index in [0.717, 1.165) is 24.8 Å². The Bertz CT molecular complexity index is 443. The molecule has 0 saturated carbocycles. The van der Waals surface area contributed by atoms with Gasteiger partial charge in [-0.2, -0.15) is 0 Å². The van der Waals surface area contributed by atoms with E-state index in [1.165, 1.54) is 11.1 Å². The molecule has 0 unspecified atom stereocenters. The second-order valence-electron chi connectivity index (χ2n) is 4.62. The summed E-state index contributed by atoms with van der Waals surface area (Å²) in [4.78, 5) is 11.8. The first kappa shape index (κ1) is 14.3. The molecule has 1 aromatic rings. The van der Waals surface area contributed by atoms with Crippen LogP contribution in [0, 0.1) is 26.2 Å². The quantitative estimate of drug-likeness (QED) is 0.604. The average Bonchev–Trinajstić information content (AvgIpc) is 2.33. The van der Waals surface area contributed by atoms with E-state index >= 15 is 0 Å². The Hall–Kier alpha value is -1.75. The van der Waals surface area contributed by atoms with Crippen LogP contribution in [0.2, 0.25) is 0 Å². The largest absolute Gasteiger partial charge is 0.356 e. The zero-order valence-corrected chi connectivity index (χ0v) is 11.3. The Morgan fingerprint density at radius 2 is 2.11 bits per heavy atom. The number of carbonyl (C=O) groups is 1. The van der Waals surface area contributed by atoms with Crippen LogP contribution in [0.5, 0.6) is 0 Å². The predicted octanol–water partition coefficient (Wildman–Crippen LogP) is 2.77. The zero-order chi connectivity index (χ0) is 13.4. The number of carbonyl (C=O) groups excluding carboxylic acids is 1. The fraction of sp³-hybridized carbons (Fsp3) is 0.438. The van der Waals surface area contributed by atoms with Crippen LogP contribution >= 0.6 is 0 Å². The maximum atomic E-state index is 11.8. The van der Waals surface area contributed by atoms with Crippen LogP contribution in [0.3, 0.4) is 0 Å². The van der Waals surface area contributed by atoms with Crippen molar-refractivity contribution >= 4 is 5.91 Å². The number of benzene rings is 1. The van der Waals surface area contributed by atoms with Crippen LogP contribution in [0.1, 0.15) is 36.0 Å². The minimum atomic E-state index is 0.0874. The van der Waals surface area contributed by atoms with Gasteiger partial charge in [0.25, 0.3) is 0 Å². The summed E-state index contributed by atoms with van der Waals surface area (Å²) < 4.78 is 0. The molecular formula is C16H21NO. The van der Waals surface area contributed by atoms with Gasteiger partial charge in [0.1, 0.15) is 0 Å². The molecule has 0 heterocycles. The number of nitrogens with one attached hydrogen (secondary N) is 1. The average molecular weight is 243 g/mol. The first-order chi connectivity index (χ1) is 8.63. The van der Waals surface area contributed by atoms with Crippen molar-refractivity contribution in [2.75, 3.05) is 6.54 Å². The number of hydrogen-bond donors (Lipinski definition) is 1.